The number of nitrogens with one attached hydrogen (secondary N) is 1. The lowest BCUT2D eigenvalue weighted by Crippen LogP contribution is -2.30. The van der Waals surface area contributed by atoms with E-state index >= 15 is 0 Å². The predicted molar refractivity (Wildman–Crippen MR) is 80.5 cm³/mol. The number of fused-ring (bicyclic) bond motifs is 1. The highest BCUT2D eigenvalue weighted by molar-refractivity contribution is 5.83. The van der Waals surface area contributed by atoms with Gasteiger partial charge in [0.05, 0.1) is 30.1 Å². The van der Waals surface area contributed by atoms with Crippen molar-refractivity contribution in [2.45, 2.75) is 0 Å². The Labute approximate surface area is 123 Å². The summed E-state index contributed by atoms with van der Waals surface area (Å²) in [5.74, 6) is 0. The van der Waals surface area contributed by atoms with Crippen molar-refractivity contribution in [3.63, 3.8) is 0 Å². The second-order valence-corrected chi connectivity index (χ2v) is 4.83. The van der Waals surface area contributed by atoms with Gasteiger partial charge in [0, 0.05) is 43.7 Å². The molecule has 0 atom stereocenters. The average molecular weight is 281 g/mol. The number of benzene rings is 1. The maximum atomic E-state index is 9.39. The van der Waals surface area contributed by atoms with Crippen LogP contribution in [0.3, 0.4) is 0 Å². The van der Waals surface area contributed by atoms with Crippen LogP contribution in [0.25, 0.3) is 11.1 Å². The lowest BCUT2D eigenvalue weighted by molar-refractivity contribution is 0.380. The molecule has 0 spiro atoms. The summed E-state index contributed by atoms with van der Waals surface area (Å²) in [6.45, 7) is 1.80. The number of anilines is 2. The zero-order chi connectivity index (χ0) is 14.8. The zero-order valence-corrected chi connectivity index (χ0v) is 11.9. The molecule has 1 aromatic carbocycles. The third-order valence-electron chi connectivity index (χ3n) is 3.55. The van der Waals surface area contributed by atoms with E-state index in [0.717, 1.165) is 35.6 Å². The fraction of sp³-hybridized carbons (Fsp3) is 0.267. The SMILES string of the molecule is COc1ncc(-c2cc3c(cc2C#N)NCCN3C)cn1. The van der Waals surface area contributed by atoms with Gasteiger partial charge in [-0.15, -0.1) is 0 Å². The first kappa shape index (κ1) is 13.2. The molecule has 2 heterocycles. The molecule has 3 rings (SSSR count). The summed E-state index contributed by atoms with van der Waals surface area (Å²) in [4.78, 5) is 10.4. The highest BCUT2D eigenvalue weighted by atomic mass is 16.5. The van der Waals surface area contributed by atoms with Crippen molar-refractivity contribution < 1.29 is 4.74 Å². The first-order valence-corrected chi connectivity index (χ1v) is 6.62. The lowest BCUT2D eigenvalue weighted by Gasteiger charge is -2.29. The number of nitrogens with zero attached hydrogens (tertiary/aromatic N) is 4. The summed E-state index contributed by atoms with van der Waals surface area (Å²) in [7, 11) is 3.56. The van der Waals surface area contributed by atoms with Crippen molar-refractivity contribution in [3.05, 3.63) is 30.1 Å². The summed E-state index contributed by atoms with van der Waals surface area (Å²) in [5.41, 5.74) is 4.29. The molecule has 1 aliphatic rings. The molecule has 1 aromatic heterocycles. The van der Waals surface area contributed by atoms with E-state index in [-0.39, 0.29) is 0 Å². The quantitative estimate of drug-likeness (QED) is 0.906. The van der Waals surface area contributed by atoms with Gasteiger partial charge in [-0.05, 0) is 12.1 Å². The average Bonchev–Trinajstić information content (AvgIpc) is 2.54. The number of nitriles is 1. The maximum Gasteiger partial charge on any atom is 0.316 e. The Hall–Kier alpha value is -2.81. The van der Waals surface area contributed by atoms with Gasteiger partial charge in [-0.1, -0.05) is 0 Å². The Morgan fingerprint density at radius 3 is 2.76 bits per heavy atom. The van der Waals surface area contributed by atoms with Crippen LogP contribution in [0.5, 0.6) is 6.01 Å². The number of ether oxygens (including phenoxy) is 1. The first-order chi connectivity index (χ1) is 10.2. The van der Waals surface area contributed by atoms with Gasteiger partial charge in [-0.3, -0.25) is 0 Å². The third kappa shape index (κ3) is 2.34. The fourth-order valence-corrected chi connectivity index (χ4v) is 2.42. The minimum absolute atomic E-state index is 0.314. The molecular weight excluding hydrogens is 266 g/mol. The van der Waals surface area contributed by atoms with E-state index in [2.05, 4.69) is 26.3 Å². The normalized spacial score (nSPS) is 13.1. The second-order valence-electron chi connectivity index (χ2n) is 4.83. The summed E-state index contributed by atoms with van der Waals surface area (Å²) in [6.07, 6.45) is 3.34. The highest BCUT2D eigenvalue weighted by Crippen LogP contribution is 2.35. The van der Waals surface area contributed by atoms with Gasteiger partial charge in [0.2, 0.25) is 0 Å². The smallest absolute Gasteiger partial charge is 0.316 e. The minimum atomic E-state index is 0.314. The molecule has 1 N–H and O–H groups in total. The van der Waals surface area contributed by atoms with Gasteiger partial charge >= 0.3 is 6.01 Å². The Morgan fingerprint density at radius 1 is 1.33 bits per heavy atom. The summed E-state index contributed by atoms with van der Waals surface area (Å²) < 4.78 is 4.96. The third-order valence-corrected chi connectivity index (χ3v) is 3.55. The van der Waals surface area contributed by atoms with Crippen LogP contribution in [0.4, 0.5) is 11.4 Å². The standard InChI is InChI=1S/C15H15N5O/c1-20-4-3-17-13-5-10(7-16)12(6-14(13)20)11-8-18-15(21-2)19-9-11/h5-6,8-9,17H,3-4H2,1-2H3. The number of aromatic nitrogens is 2. The molecule has 21 heavy (non-hydrogen) atoms. The summed E-state index contributed by atoms with van der Waals surface area (Å²) in [6, 6.07) is 6.44. The van der Waals surface area contributed by atoms with Crippen LogP contribution >= 0.6 is 0 Å². The molecule has 6 heteroatoms. The fourth-order valence-electron chi connectivity index (χ4n) is 2.42. The van der Waals surface area contributed by atoms with E-state index in [1.807, 2.05) is 19.2 Å². The zero-order valence-electron chi connectivity index (χ0n) is 11.9. The van der Waals surface area contributed by atoms with E-state index in [9.17, 15) is 5.26 Å². The molecule has 6 nitrogen and oxygen atoms in total. The molecular formula is C15H15N5O. The van der Waals surface area contributed by atoms with Crippen LogP contribution in [-0.4, -0.2) is 37.2 Å². The molecule has 0 bridgehead atoms. The number of likely N-dealkylation sites (N-methyl/N-ethyl adjacent to an activating group) is 1. The molecule has 0 aliphatic carbocycles. The lowest BCUT2D eigenvalue weighted by atomic mass is 9.99. The molecule has 106 valence electrons. The Balaban J connectivity index is 2.12. The van der Waals surface area contributed by atoms with Crippen LogP contribution in [-0.2, 0) is 0 Å². The number of methoxy groups -OCH3 is 1. The topological polar surface area (TPSA) is 74.1 Å². The van der Waals surface area contributed by atoms with Gasteiger partial charge in [0.25, 0.3) is 0 Å². The minimum Gasteiger partial charge on any atom is -0.467 e. The van der Waals surface area contributed by atoms with Crippen molar-refractivity contribution in [3.8, 4) is 23.2 Å². The predicted octanol–water partition coefficient (Wildman–Crippen LogP) is 1.89. The van der Waals surface area contributed by atoms with E-state index in [4.69, 9.17) is 4.74 Å². The van der Waals surface area contributed by atoms with Gasteiger partial charge in [-0.25, -0.2) is 9.97 Å². The van der Waals surface area contributed by atoms with E-state index in [1.54, 1.807) is 12.4 Å². The van der Waals surface area contributed by atoms with Gasteiger partial charge < -0.3 is 15.0 Å². The molecule has 0 radical (unpaired) electrons. The van der Waals surface area contributed by atoms with Gasteiger partial charge in [0.15, 0.2) is 0 Å². The maximum absolute atomic E-state index is 9.39. The van der Waals surface area contributed by atoms with Gasteiger partial charge in [-0.2, -0.15) is 5.26 Å². The van der Waals surface area contributed by atoms with Crippen molar-refractivity contribution >= 4 is 11.4 Å². The van der Waals surface area contributed by atoms with Crippen LogP contribution < -0.4 is 15.0 Å². The molecule has 0 saturated carbocycles. The Kier molecular flexibility index (Phi) is 3.32. The monoisotopic (exact) mass is 281 g/mol. The molecule has 1 aliphatic heterocycles. The summed E-state index contributed by atoms with van der Waals surface area (Å²) >= 11 is 0. The second kappa shape index (κ2) is 5.29. The van der Waals surface area contributed by atoms with Crippen LogP contribution in [0.1, 0.15) is 5.56 Å². The molecule has 2 aromatic rings. The van der Waals surface area contributed by atoms with Gasteiger partial charge in [0.1, 0.15) is 0 Å². The van der Waals surface area contributed by atoms with E-state index in [0.29, 0.717) is 11.6 Å². The molecule has 0 fully saturated rings. The number of hydrogen-bond acceptors (Lipinski definition) is 6. The van der Waals surface area contributed by atoms with Crippen molar-refractivity contribution in [2.75, 3.05) is 37.5 Å². The molecule has 0 unspecified atom stereocenters. The Bertz CT molecular complexity index is 705. The van der Waals surface area contributed by atoms with E-state index < -0.39 is 0 Å². The van der Waals surface area contributed by atoms with Crippen molar-refractivity contribution in [2.24, 2.45) is 0 Å². The number of rotatable bonds is 2. The van der Waals surface area contributed by atoms with Crippen LogP contribution in [0, 0.1) is 11.3 Å². The largest absolute Gasteiger partial charge is 0.467 e. The first-order valence-electron chi connectivity index (χ1n) is 6.62. The molecule has 0 saturated heterocycles. The van der Waals surface area contributed by atoms with Crippen molar-refractivity contribution in [1.82, 2.24) is 9.97 Å². The van der Waals surface area contributed by atoms with Crippen LogP contribution in [0.2, 0.25) is 0 Å². The van der Waals surface area contributed by atoms with Crippen molar-refractivity contribution in [1.29, 1.82) is 5.26 Å². The number of hydrogen-bond donors (Lipinski definition) is 1. The van der Waals surface area contributed by atoms with E-state index in [1.165, 1.54) is 7.11 Å². The molecule has 0 amide bonds. The summed E-state index contributed by atoms with van der Waals surface area (Å²) in [5, 5.41) is 12.7. The van der Waals surface area contributed by atoms with Crippen LogP contribution in [0.15, 0.2) is 24.5 Å². The Morgan fingerprint density at radius 2 is 2.10 bits per heavy atom. The highest BCUT2D eigenvalue weighted by Gasteiger charge is 2.17.